The van der Waals surface area contributed by atoms with Gasteiger partial charge in [-0.05, 0) is 25.0 Å². The first-order valence-corrected chi connectivity index (χ1v) is 5.39. The molecular weight excluding hydrogens is 206 g/mol. The van der Waals surface area contributed by atoms with E-state index in [-0.39, 0.29) is 5.78 Å². The third-order valence-corrected chi connectivity index (χ3v) is 3.07. The van der Waals surface area contributed by atoms with Crippen molar-refractivity contribution in [1.29, 1.82) is 0 Å². The molecule has 16 heavy (non-hydrogen) atoms. The molecule has 0 saturated heterocycles. The maximum absolute atomic E-state index is 11.2. The molecule has 1 fully saturated rings. The van der Waals surface area contributed by atoms with E-state index in [1.807, 2.05) is 0 Å². The summed E-state index contributed by atoms with van der Waals surface area (Å²) in [4.78, 5) is 15.4. The molecule has 86 valence electrons. The number of aromatic nitrogens is 1. The minimum atomic E-state index is -1.01. The molecule has 1 aromatic heterocycles. The molecule has 1 heterocycles. The van der Waals surface area contributed by atoms with E-state index in [9.17, 15) is 9.90 Å². The summed E-state index contributed by atoms with van der Waals surface area (Å²) in [7, 11) is 1.55. The van der Waals surface area contributed by atoms with Crippen LogP contribution in [0, 0.1) is 0 Å². The van der Waals surface area contributed by atoms with Crippen molar-refractivity contribution < 1.29 is 14.6 Å². The zero-order chi connectivity index (χ0) is 11.6. The quantitative estimate of drug-likeness (QED) is 0.820. The van der Waals surface area contributed by atoms with Crippen LogP contribution in [0.1, 0.15) is 31.4 Å². The number of carbonyl (C=O) groups excluding carboxylic acids is 1. The van der Waals surface area contributed by atoms with Crippen LogP contribution in [0.4, 0.5) is 0 Å². The van der Waals surface area contributed by atoms with Gasteiger partial charge in [-0.1, -0.05) is 0 Å². The van der Waals surface area contributed by atoms with Gasteiger partial charge in [0, 0.05) is 19.0 Å². The second kappa shape index (κ2) is 4.22. The van der Waals surface area contributed by atoms with Gasteiger partial charge in [0.1, 0.15) is 22.8 Å². The second-order valence-corrected chi connectivity index (χ2v) is 4.12. The summed E-state index contributed by atoms with van der Waals surface area (Å²) >= 11 is 0. The molecule has 2 rings (SSSR count). The molecule has 1 saturated carbocycles. The van der Waals surface area contributed by atoms with Crippen molar-refractivity contribution in [3.63, 3.8) is 0 Å². The van der Waals surface area contributed by atoms with E-state index in [1.165, 1.54) is 0 Å². The molecule has 4 nitrogen and oxygen atoms in total. The number of carbonyl (C=O) groups is 1. The lowest BCUT2D eigenvalue weighted by molar-refractivity contribution is -0.126. The lowest BCUT2D eigenvalue weighted by Crippen LogP contribution is -2.32. The number of pyridine rings is 1. The van der Waals surface area contributed by atoms with Crippen molar-refractivity contribution in [2.24, 2.45) is 0 Å². The summed E-state index contributed by atoms with van der Waals surface area (Å²) in [5.74, 6) is 0.791. The van der Waals surface area contributed by atoms with E-state index in [2.05, 4.69) is 4.98 Å². The van der Waals surface area contributed by atoms with Crippen LogP contribution in [-0.4, -0.2) is 23.0 Å². The van der Waals surface area contributed by atoms with E-state index >= 15 is 0 Å². The van der Waals surface area contributed by atoms with Crippen LogP contribution in [-0.2, 0) is 10.4 Å². The van der Waals surface area contributed by atoms with E-state index in [0.29, 0.717) is 37.1 Å². The van der Waals surface area contributed by atoms with Crippen molar-refractivity contribution in [2.45, 2.75) is 31.3 Å². The van der Waals surface area contributed by atoms with Crippen LogP contribution in [0.15, 0.2) is 18.3 Å². The first-order chi connectivity index (χ1) is 7.65. The lowest BCUT2D eigenvalue weighted by atomic mass is 9.81. The molecular formula is C12H15NO3. The monoisotopic (exact) mass is 221 g/mol. The standard InChI is InChI=1S/C12H15NO3/c1-16-10-3-2-8-13-11(10)12(15)6-4-9(14)5-7-12/h2-3,8,15H,4-7H2,1H3. The molecule has 0 bridgehead atoms. The van der Waals surface area contributed by atoms with Gasteiger partial charge in [-0.25, -0.2) is 0 Å². The molecule has 1 aliphatic carbocycles. The number of nitrogens with zero attached hydrogens (tertiary/aromatic N) is 1. The molecule has 0 amide bonds. The third-order valence-electron chi connectivity index (χ3n) is 3.07. The highest BCUT2D eigenvalue weighted by molar-refractivity contribution is 5.79. The van der Waals surface area contributed by atoms with Crippen LogP contribution < -0.4 is 4.74 Å². The molecule has 4 heteroatoms. The maximum atomic E-state index is 11.2. The van der Waals surface area contributed by atoms with Crippen molar-refractivity contribution >= 4 is 5.78 Å². The average Bonchev–Trinajstić information content (AvgIpc) is 2.33. The van der Waals surface area contributed by atoms with Crippen molar-refractivity contribution in [2.75, 3.05) is 7.11 Å². The number of methoxy groups -OCH3 is 1. The van der Waals surface area contributed by atoms with Gasteiger partial charge >= 0.3 is 0 Å². The summed E-state index contributed by atoms with van der Waals surface area (Å²) in [6.07, 6.45) is 3.32. The zero-order valence-electron chi connectivity index (χ0n) is 9.27. The van der Waals surface area contributed by atoms with Crippen molar-refractivity contribution in [1.82, 2.24) is 4.98 Å². The molecule has 0 atom stereocenters. The molecule has 1 aromatic rings. The molecule has 0 aliphatic heterocycles. The number of ketones is 1. The van der Waals surface area contributed by atoms with Crippen LogP contribution in [0.5, 0.6) is 5.75 Å². The fourth-order valence-corrected chi connectivity index (χ4v) is 2.08. The molecule has 0 spiro atoms. The highest BCUT2D eigenvalue weighted by Gasteiger charge is 2.37. The van der Waals surface area contributed by atoms with Gasteiger partial charge in [-0.15, -0.1) is 0 Å². The molecule has 1 aliphatic rings. The number of hydrogen-bond acceptors (Lipinski definition) is 4. The summed E-state index contributed by atoms with van der Waals surface area (Å²) in [6.45, 7) is 0. The largest absolute Gasteiger partial charge is 0.495 e. The van der Waals surface area contributed by atoms with Crippen LogP contribution in [0.25, 0.3) is 0 Å². The van der Waals surface area contributed by atoms with Crippen LogP contribution >= 0.6 is 0 Å². The van der Waals surface area contributed by atoms with E-state index < -0.39 is 5.60 Å². The van der Waals surface area contributed by atoms with Gasteiger partial charge in [0.15, 0.2) is 0 Å². The van der Waals surface area contributed by atoms with E-state index in [1.54, 1.807) is 25.4 Å². The Morgan fingerprint density at radius 1 is 1.44 bits per heavy atom. The average molecular weight is 221 g/mol. The zero-order valence-corrected chi connectivity index (χ0v) is 9.27. The Hall–Kier alpha value is -1.42. The molecule has 1 N–H and O–H groups in total. The minimum absolute atomic E-state index is 0.208. The fraction of sp³-hybridized carbons (Fsp3) is 0.500. The fourth-order valence-electron chi connectivity index (χ4n) is 2.08. The Morgan fingerprint density at radius 2 is 2.12 bits per heavy atom. The van der Waals surface area contributed by atoms with E-state index in [4.69, 9.17) is 4.74 Å². The normalized spacial score (nSPS) is 19.5. The molecule has 0 aromatic carbocycles. The van der Waals surface area contributed by atoms with Gasteiger partial charge < -0.3 is 9.84 Å². The second-order valence-electron chi connectivity index (χ2n) is 4.12. The predicted octanol–water partition coefficient (Wildman–Crippen LogP) is 1.42. The SMILES string of the molecule is COc1cccnc1C1(O)CCC(=O)CC1. The van der Waals surface area contributed by atoms with Crippen molar-refractivity contribution in [3.05, 3.63) is 24.0 Å². The van der Waals surface area contributed by atoms with Gasteiger partial charge in [0.05, 0.1) is 7.11 Å². The number of hydrogen-bond donors (Lipinski definition) is 1. The first kappa shape index (κ1) is 11.1. The number of ether oxygens (including phenoxy) is 1. The summed E-state index contributed by atoms with van der Waals surface area (Å²) in [5, 5.41) is 10.5. The topological polar surface area (TPSA) is 59.4 Å². The summed E-state index contributed by atoms with van der Waals surface area (Å²) in [5.41, 5.74) is -0.467. The minimum Gasteiger partial charge on any atom is -0.495 e. The highest BCUT2D eigenvalue weighted by atomic mass is 16.5. The summed E-state index contributed by atoms with van der Waals surface area (Å²) in [6, 6.07) is 3.54. The number of aliphatic hydroxyl groups is 1. The third kappa shape index (κ3) is 1.93. The van der Waals surface area contributed by atoms with Crippen LogP contribution in [0.2, 0.25) is 0 Å². The van der Waals surface area contributed by atoms with Crippen molar-refractivity contribution in [3.8, 4) is 5.75 Å². The Morgan fingerprint density at radius 3 is 2.75 bits per heavy atom. The number of rotatable bonds is 2. The predicted molar refractivity (Wildman–Crippen MR) is 58.2 cm³/mol. The van der Waals surface area contributed by atoms with E-state index in [0.717, 1.165) is 0 Å². The Kier molecular flexibility index (Phi) is 2.92. The van der Waals surface area contributed by atoms with Gasteiger partial charge in [-0.3, -0.25) is 9.78 Å². The van der Waals surface area contributed by atoms with Gasteiger partial charge in [0.25, 0.3) is 0 Å². The molecule has 0 radical (unpaired) electrons. The maximum Gasteiger partial charge on any atom is 0.143 e. The Balaban J connectivity index is 2.32. The van der Waals surface area contributed by atoms with Crippen LogP contribution in [0.3, 0.4) is 0 Å². The Labute approximate surface area is 94.3 Å². The van der Waals surface area contributed by atoms with Gasteiger partial charge in [-0.2, -0.15) is 0 Å². The van der Waals surface area contributed by atoms with Gasteiger partial charge in [0.2, 0.25) is 0 Å². The molecule has 0 unspecified atom stereocenters. The Bertz CT molecular complexity index is 393. The smallest absolute Gasteiger partial charge is 0.143 e. The number of Topliss-reactive ketones (excluding diaryl/α,β-unsaturated/α-hetero) is 1. The lowest BCUT2D eigenvalue weighted by Gasteiger charge is -2.31. The first-order valence-electron chi connectivity index (χ1n) is 5.39. The summed E-state index contributed by atoms with van der Waals surface area (Å²) < 4.78 is 5.18. The highest BCUT2D eigenvalue weighted by Crippen LogP contribution is 2.38.